The van der Waals surface area contributed by atoms with E-state index in [0.29, 0.717) is 6.54 Å². The van der Waals surface area contributed by atoms with Crippen molar-refractivity contribution in [2.45, 2.75) is 45.4 Å². The molecule has 0 N–H and O–H groups in total. The quantitative estimate of drug-likeness (QED) is 0.703. The molecule has 1 saturated heterocycles. The van der Waals surface area contributed by atoms with Crippen molar-refractivity contribution in [2.75, 3.05) is 13.1 Å². The van der Waals surface area contributed by atoms with Crippen LogP contribution in [0.5, 0.6) is 0 Å². The van der Waals surface area contributed by atoms with E-state index in [-0.39, 0.29) is 11.9 Å². The van der Waals surface area contributed by atoms with E-state index in [9.17, 15) is 4.79 Å². The van der Waals surface area contributed by atoms with E-state index in [2.05, 4.69) is 48.9 Å². The van der Waals surface area contributed by atoms with Gasteiger partial charge in [0.15, 0.2) is 11.6 Å². The average Bonchev–Trinajstić information content (AvgIpc) is 3.34. The largest absolute Gasteiger partial charge is 0.334 e. The standard InChI is InChI=1S/C21H24N6O/c1-15(28)25-11-12-27-20(14-25)23-24-21(27)19-7-4-10-26(19)13-16-8-9-22-18-6-3-2-5-17(16)18/h2-3,5-6,8-9,19H,4,7,10-14H2,1H3/t19-/m0/s1. The van der Waals surface area contributed by atoms with Gasteiger partial charge in [-0.2, -0.15) is 0 Å². The van der Waals surface area contributed by atoms with E-state index >= 15 is 0 Å². The van der Waals surface area contributed by atoms with Crippen LogP contribution in [0, 0.1) is 0 Å². The molecule has 28 heavy (non-hydrogen) atoms. The van der Waals surface area contributed by atoms with Crippen LogP contribution >= 0.6 is 0 Å². The molecular weight excluding hydrogens is 352 g/mol. The van der Waals surface area contributed by atoms with Gasteiger partial charge in [0.25, 0.3) is 0 Å². The van der Waals surface area contributed by atoms with E-state index in [1.807, 2.05) is 17.2 Å². The van der Waals surface area contributed by atoms with Gasteiger partial charge in [-0.05, 0) is 37.1 Å². The molecule has 2 aliphatic rings. The molecule has 3 aromatic rings. The highest BCUT2D eigenvalue weighted by Crippen LogP contribution is 2.34. The molecule has 4 heterocycles. The number of hydrogen-bond acceptors (Lipinski definition) is 5. The van der Waals surface area contributed by atoms with Gasteiger partial charge in [-0.3, -0.25) is 14.7 Å². The minimum atomic E-state index is 0.0999. The molecule has 0 saturated carbocycles. The van der Waals surface area contributed by atoms with E-state index in [1.165, 1.54) is 10.9 Å². The Morgan fingerprint density at radius 2 is 2.04 bits per heavy atom. The molecule has 0 aliphatic carbocycles. The Hall–Kier alpha value is -2.80. The molecule has 0 radical (unpaired) electrons. The number of amides is 1. The zero-order valence-corrected chi connectivity index (χ0v) is 16.1. The fourth-order valence-corrected chi connectivity index (χ4v) is 4.52. The zero-order valence-electron chi connectivity index (χ0n) is 16.1. The summed E-state index contributed by atoms with van der Waals surface area (Å²) in [4.78, 5) is 20.5. The van der Waals surface area contributed by atoms with E-state index in [0.717, 1.165) is 56.2 Å². The minimum Gasteiger partial charge on any atom is -0.334 e. The first-order valence-electron chi connectivity index (χ1n) is 9.95. The summed E-state index contributed by atoms with van der Waals surface area (Å²) >= 11 is 0. The Bertz CT molecular complexity index is 1020. The number of carbonyl (C=O) groups is 1. The lowest BCUT2D eigenvalue weighted by Crippen LogP contribution is -2.38. The average molecular weight is 376 g/mol. The Labute approximate surface area is 164 Å². The van der Waals surface area contributed by atoms with Gasteiger partial charge in [-0.1, -0.05) is 18.2 Å². The molecule has 1 aromatic carbocycles. The summed E-state index contributed by atoms with van der Waals surface area (Å²) in [5, 5.41) is 10.2. The van der Waals surface area contributed by atoms with E-state index in [1.54, 1.807) is 6.92 Å². The maximum absolute atomic E-state index is 11.7. The molecule has 2 aromatic heterocycles. The molecule has 0 spiro atoms. The second-order valence-electron chi connectivity index (χ2n) is 7.68. The van der Waals surface area contributed by atoms with Crippen molar-refractivity contribution in [2.24, 2.45) is 0 Å². The van der Waals surface area contributed by atoms with Gasteiger partial charge in [-0.25, -0.2) is 0 Å². The predicted molar refractivity (Wildman–Crippen MR) is 105 cm³/mol. The number of hydrogen-bond donors (Lipinski definition) is 0. The SMILES string of the molecule is CC(=O)N1CCn2c(nnc2[C@@H]2CCCN2Cc2ccnc3ccccc23)C1. The number of fused-ring (bicyclic) bond motifs is 2. The van der Waals surface area contributed by atoms with Crippen molar-refractivity contribution in [3.63, 3.8) is 0 Å². The van der Waals surface area contributed by atoms with Crippen molar-refractivity contribution >= 4 is 16.8 Å². The number of likely N-dealkylation sites (tertiary alicyclic amines) is 1. The highest BCUT2D eigenvalue weighted by Gasteiger charge is 2.33. The lowest BCUT2D eigenvalue weighted by Gasteiger charge is -2.29. The lowest BCUT2D eigenvalue weighted by molar-refractivity contribution is -0.130. The van der Waals surface area contributed by atoms with Crippen LogP contribution in [0.2, 0.25) is 0 Å². The van der Waals surface area contributed by atoms with Crippen LogP contribution in [0.25, 0.3) is 10.9 Å². The third-order valence-corrected chi connectivity index (χ3v) is 6.00. The summed E-state index contributed by atoms with van der Waals surface area (Å²) in [6.07, 6.45) is 4.16. The highest BCUT2D eigenvalue weighted by atomic mass is 16.2. The molecule has 7 heteroatoms. The number of para-hydroxylation sites is 1. The maximum atomic E-state index is 11.7. The van der Waals surface area contributed by atoms with Crippen molar-refractivity contribution in [3.05, 3.63) is 53.7 Å². The molecule has 7 nitrogen and oxygen atoms in total. The summed E-state index contributed by atoms with van der Waals surface area (Å²) in [5.41, 5.74) is 2.35. The molecule has 1 fully saturated rings. The molecule has 5 rings (SSSR count). The predicted octanol–water partition coefficient (Wildman–Crippen LogP) is 2.53. The van der Waals surface area contributed by atoms with Gasteiger partial charge in [-0.15, -0.1) is 10.2 Å². The number of nitrogens with zero attached hydrogens (tertiary/aromatic N) is 6. The number of benzene rings is 1. The Balaban J connectivity index is 1.42. The number of aromatic nitrogens is 4. The molecule has 144 valence electrons. The van der Waals surface area contributed by atoms with Crippen molar-refractivity contribution < 1.29 is 4.79 Å². The van der Waals surface area contributed by atoms with E-state index < -0.39 is 0 Å². The van der Waals surface area contributed by atoms with Gasteiger partial charge in [0.05, 0.1) is 18.1 Å². The minimum absolute atomic E-state index is 0.0999. The molecule has 1 amide bonds. The van der Waals surface area contributed by atoms with Gasteiger partial charge < -0.3 is 9.47 Å². The second kappa shape index (κ2) is 6.98. The second-order valence-corrected chi connectivity index (χ2v) is 7.68. The van der Waals surface area contributed by atoms with Crippen LogP contribution in [-0.4, -0.2) is 48.5 Å². The van der Waals surface area contributed by atoms with Gasteiger partial charge in [0, 0.05) is 38.1 Å². The molecule has 0 bridgehead atoms. The molecule has 2 aliphatic heterocycles. The normalized spacial score (nSPS) is 19.9. The summed E-state index contributed by atoms with van der Waals surface area (Å²) in [5.74, 6) is 2.05. The Morgan fingerprint density at radius 3 is 2.93 bits per heavy atom. The van der Waals surface area contributed by atoms with Crippen LogP contribution in [0.4, 0.5) is 0 Å². The van der Waals surface area contributed by atoms with E-state index in [4.69, 9.17) is 0 Å². The van der Waals surface area contributed by atoms with Crippen LogP contribution in [-0.2, 0) is 24.4 Å². The van der Waals surface area contributed by atoms with Crippen LogP contribution < -0.4 is 0 Å². The van der Waals surface area contributed by atoms with Crippen LogP contribution in [0.1, 0.15) is 43.0 Å². The summed E-state index contributed by atoms with van der Waals surface area (Å²) in [6, 6.07) is 10.7. The van der Waals surface area contributed by atoms with Crippen molar-refractivity contribution in [1.82, 2.24) is 29.5 Å². The number of pyridine rings is 1. The zero-order chi connectivity index (χ0) is 19.1. The van der Waals surface area contributed by atoms with Crippen LogP contribution in [0.15, 0.2) is 36.5 Å². The van der Waals surface area contributed by atoms with Gasteiger partial charge in [0.2, 0.25) is 5.91 Å². The first-order valence-corrected chi connectivity index (χ1v) is 9.95. The fraction of sp³-hybridized carbons (Fsp3) is 0.429. The van der Waals surface area contributed by atoms with Gasteiger partial charge in [0.1, 0.15) is 0 Å². The number of carbonyl (C=O) groups excluding carboxylic acids is 1. The molecular formula is C21H24N6O. The summed E-state index contributed by atoms with van der Waals surface area (Å²) in [6.45, 7) is 5.63. The van der Waals surface area contributed by atoms with Crippen molar-refractivity contribution in [3.8, 4) is 0 Å². The maximum Gasteiger partial charge on any atom is 0.219 e. The number of rotatable bonds is 3. The third-order valence-electron chi connectivity index (χ3n) is 6.00. The first-order chi connectivity index (χ1) is 13.7. The topological polar surface area (TPSA) is 67.2 Å². The summed E-state index contributed by atoms with van der Waals surface area (Å²) in [7, 11) is 0. The lowest BCUT2D eigenvalue weighted by atomic mass is 10.1. The fourth-order valence-electron chi connectivity index (χ4n) is 4.52. The monoisotopic (exact) mass is 376 g/mol. The van der Waals surface area contributed by atoms with Crippen LogP contribution in [0.3, 0.4) is 0 Å². The Kier molecular flexibility index (Phi) is 4.31. The highest BCUT2D eigenvalue weighted by molar-refractivity contribution is 5.81. The van der Waals surface area contributed by atoms with Crippen molar-refractivity contribution in [1.29, 1.82) is 0 Å². The third kappa shape index (κ3) is 2.96. The Morgan fingerprint density at radius 1 is 1.14 bits per heavy atom. The van der Waals surface area contributed by atoms with Gasteiger partial charge >= 0.3 is 0 Å². The first kappa shape index (κ1) is 17.3. The summed E-state index contributed by atoms with van der Waals surface area (Å²) < 4.78 is 2.23. The molecule has 1 atom stereocenters. The molecule has 0 unspecified atom stereocenters. The smallest absolute Gasteiger partial charge is 0.219 e.